The summed E-state index contributed by atoms with van der Waals surface area (Å²) in [6, 6.07) is 16.7. The number of aromatic hydroxyl groups is 1. The Morgan fingerprint density at radius 3 is 2.75 bits per heavy atom. The van der Waals surface area contributed by atoms with E-state index in [2.05, 4.69) is 0 Å². The first-order chi connectivity index (χ1) is 15.6. The van der Waals surface area contributed by atoms with Crippen LogP contribution in [0.25, 0.3) is 22.3 Å². The van der Waals surface area contributed by atoms with Gasteiger partial charge in [0.25, 0.3) is 0 Å². The zero-order chi connectivity index (χ0) is 22.1. The first kappa shape index (κ1) is 20.5. The van der Waals surface area contributed by atoms with E-state index in [0.29, 0.717) is 39.3 Å². The Bertz CT molecular complexity index is 1370. The molecule has 0 saturated heterocycles. The Labute approximate surface area is 189 Å². The van der Waals surface area contributed by atoms with Crippen LogP contribution in [0, 0.1) is 0 Å². The number of fused-ring (bicyclic) bond motifs is 2. The van der Waals surface area contributed by atoms with Gasteiger partial charge in [0.2, 0.25) is 0 Å². The van der Waals surface area contributed by atoms with Gasteiger partial charge in [-0.1, -0.05) is 30.3 Å². The maximum atomic E-state index is 12.9. The average molecular weight is 446 g/mol. The third-order valence-corrected chi connectivity index (χ3v) is 6.83. The van der Waals surface area contributed by atoms with Gasteiger partial charge in [-0.2, -0.15) is 0 Å². The summed E-state index contributed by atoms with van der Waals surface area (Å²) in [5.41, 5.74) is 3.20. The average Bonchev–Trinajstić information content (AvgIpc) is 3.18. The van der Waals surface area contributed by atoms with Crippen molar-refractivity contribution < 1.29 is 19.1 Å². The van der Waals surface area contributed by atoms with Crippen molar-refractivity contribution in [3.05, 3.63) is 76.0 Å². The highest BCUT2D eigenvalue weighted by atomic mass is 32.1. The zero-order valence-corrected chi connectivity index (χ0v) is 18.6. The fraction of sp³-hybridized carbons (Fsp3) is 0.231. The van der Waals surface area contributed by atoms with Crippen molar-refractivity contribution in [3.63, 3.8) is 0 Å². The van der Waals surface area contributed by atoms with Crippen LogP contribution < -0.4 is 5.36 Å². The number of hydrogen-bond acceptors (Lipinski definition) is 6. The molecule has 1 aliphatic carbocycles. The number of phenols is 1. The van der Waals surface area contributed by atoms with Gasteiger partial charge in [0.05, 0.1) is 17.5 Å². The molecule has 4 aromatic rings. The second kappa shape index (κ2) is 8.63. The van der Waals surface area contributed by atoms with E-state index in [-0.39, 0.29) is 11.7 Å². The van der Waals surface area contributed by atoms with E-state index in [1.54, 1.807) is 29.5 Å². The van der Waals surface area contributed by atoms with Crippen molar-refractivity contribution in [1.29, 1.82) is 0 Å². The minimum absolute atomic E-state index is 0.132. The first-order valence-electron chi connectivity index (χ1n) is 10.8. The van der Waals surface area contributed by atoms with Gasteiger partial charge in [0, 0.05) is 21.9 Å². The number of rotatable bonds is 4. The Morgan fingerprint density at radius 1 is 1.12 bits per heavy atom. The lowest BCUT2D eigenvalue weighted by molar-refractivity contribution is 0.0526. The van der Waals surface area contributed by atoms with Crippen LogP contribution in [-0.2, 0) is 17.6 Å². The molecular formula is C26H23NO4S. The molecule has 1 N–H and O–H groups in total. The molecule has 0 aliphatic heterocycles. The molecular weight excluding hydrogens is 422 g/mol. The predicted molar refractivity (Wildman–Crippen MR) is 125 cm³/mol. The lowest BCUT2D eigenvalue weighted by atomic mass is 9.95. The molecule has 0 bridgehead atoms. The Morgan fingerprint density at radius 2 is 1.94 bits per heavy atom. The van der Waals surface area contributed by atoms with Crippen molar-refractivity contribution in [2.24, 2.45) is 4.99 Å². The summed E-state index contributed by atoms with van der Waals surface area (Å²) in [7, 11) is 0. The van der Waals surface area contributed by atoms with Gasteiger partial charge >= 0.3 is 5.97 Å². The summed E-state index contributed by atoms with van der Waals surface area (Å²) in [4.78, 5) is 19.0. The van der Waals surface area contributed by atoms with E-state index in [4.69, 9.17) is 14.1 Å². The molecule has 0 atom stereocenters. The number of benzene rings is 2. The Kier molecular flexibility index (Phi) is 5.53. The van der Waals surface area contributed by atoms with Gasteiger partial charge in [-0.05, 0) is 56.4 Å². The van der Waals surface area contributed by atoms with Crippen molar-refractivity contribution in [1.82, 2.24) is 0 Å². The summed E-state index contributed by atoms with van der Waals surface area (Å²) in [6.07, 6.45) is 4.02. The molecule has 0 spiro atoms. The highest BCUT2D eigenvalue weighted by molar-refractivity contribution is 7.16. The van der Waals surface area contributed by atoms with E-state index in [0.717, 1.165) is 36.8 Å². The molecule has 32 heavy (non-hydrogen) atoms. The number of nitrogens with zero attached hydrogens (tertiary/aromatic N) is 1. The normalized spacial score (nSPS) is 13.8. The molecule has 1 aliphatic rings. The van der Waals surface area contributed by atoms with E-state index in [9.17, 15) is 9.90 Å². The smallest absolute Gasteiger partial charge is 0.341 e. The third kappa shape index (κ3) is 3.82. The van der Waals surface area contributed by atoms with Crippen molar-refractivity contribution in [3.8, 4) is 17.1 Å². The number of aryl methyl sites for hydroxylation is 1. The SMILES string of the molecule is CCOC(=O)c1c(N=c2cc(-c3ccccc3)oc3ccc(O)cc23)sc2c1CCCC2. The van der Waals surface area contributed by atoms with E-state index < -0.39 is 0 Å². The number of thiophene rings is 1. The van der Waals surface area contributed by atoms with Crippen LogP contribution in [0.15, 0.2) is 64.0 Å². The lowest BCUT2D eigenvalue weighted by Gasteiger charge is -2.11. The molecule has 0 saturated carbocycles. The molecule has 5 nitrogen and oxygen atoms in total. The number of hydrogen-bond donors (Lipinski definition) is 1. The quantitative estimate of drug-likeness (QED) is 0.382. The summed E-state index contributed by atoms with van der Waals surface area (Å²) < 4.78 is 11.5. The number of esters is 1. The number of phenolic OH excluding ortho intramolecular Hbond substituents is 1. The van der Waals surface area contributed by atoms with Crippen LogP contribution >= 0.6 is 11.3 Å². The number of carbonyl (C=O) groups excluding carboxylic acids is 1. The largest absolute Gasteiger partial charge is 0.508 e. The molecule has 0 radical (unpaired) electrons. The van der Waals surface area contributed by atoms with Gasteiger partial charge in [-0.3, -0.25) is 0 Å². The fourth-order valence-corrected chi connectivity index (χ4v) is 5.41. The van der Waals surface area contributed by atoms with Crippen molar-refractivity contribution >= 4 is 33.3 Å². The van der Waals surface area contributed by atoms with Crippen LogP contribution in [0.4, 0.5) is 5.00 Å². The summed E-state index contributed by atoms with van der Waals surface area (Å²) >= 11 is 1.56. The van der Waals surface area contributed by atoms with Crippen LogP contribution in [0.3, 0.4) is 0 Å². The van der Waals surface area contributed by atoms with E-state index >= 15 is 0 Å². The molecule has 162 valence electrons. The van der Waals surface area contributed by atoms with Crippen LogP contribution in [0.2, 0.25) is 0 Å². The molecule has 0 unspecified atom stereocenters. The second-order valence-electron chi connectivity index (χ2n) is 7.77. The van der Waals surface area contributed by atoms with Gasteiger partial charge in [-0.25, -0.2) is 9.79 Å². The number of ether oxygens (including phenoxy) is 1. The highest BCUT2D eigenvalue weighted by Gasteiger charge is 2.26. The Balaban J connectivity index is 1.77. The van der Waals surface area contributed by atoms with Crippen LogP contribution in [-0.4, -0.2) is 17.7 Å². The maximum absolute atomic E-state index is 12.9. The molecule has 0 fully saturated rings. The lowest BCUT2D eigenvalue weighted by Crippen LogP contribution is -2.10. The fourth-order valence-electron chi connectivity index (χ4n) is 4.15. The maximum Gasteiger partial charge on any atom is 0.341 e. The van der Waals surface area contributed by atoms with E-state index in [1.807, 2.05) is 43.3 Å². The molecule has 2 aromatic carbocycles. The van der Waals surface area contributed by atoms with Gasteiger partial charge < -0.3 is 14.3 Å². The first-order valence-corrected chi connectivity index (χ1v) is 11.6. The van der Waals surface area contributed by atoms with Gasteiger partial charge in [0.1, 0.15) is 22.1 Å². The molecule has 2 aromatic heterocycles. The molecule has 6 heteroatoms. The zero-order valence-electron chi connectivity index (χ0n) is 17.8. The molecule has 0 amide bonds. The van der Waals surface area contributed by atoms with Crippen molar-refractivity contribution in [2.45, 2.75) is 32.6 Å². The van der Waals surface area contributed by atoms with Gasteiger partial charge in [0.15, 0.2) is 0 Å². The van der Waals surface area contributed by atoms with E-state index in [1.165, 1.54) is 4.88 Å². The minimum atomic E-state index is -0.318. The summed E-state index contributed by atoms with van der Waals surface area (Å²) in [5.74, 6) is 0.482. The Hall–Kier alpha value is -3.38. The molecule has 2 heterocycles. The minimum Gasteiger partial charge on any atom is -0.508 e. The summed E-state index contributed by atoms with van der Waals surface area (Å²) in [5, 5.41) is 12.1. The van der Waals surface area contributed by atoms with Crippen LogP contribution in [0.5, 0.6) is 5.75 Å². The van der Waals surface area contributed by atoms with Crippen molar-refractivity contribution in [2.75, 3.05) is 6.61 Å². The highest BCUT2D eigenvalue weighted by Crippen LogP contribution is 2.40. The monoisotopic (exact) mass is 445 g/mol. The molecule has 5 rings (SSSR count). The second-order valence-corrected chi connectivity index (χ2v) is 8.85. The van der Waals surface area contributed by atoms with Crippen LogP contribution in [0.1, 0.15) is 40.6 Å². The van der Waals surface area contributed by atoms with Gasteiger partial charge in [-0.15, -0.1) is 11.3 Å². The number of carbonyl (C=O) groups is 1. The topological polar surface area (TPSA) is 72.0 Å². The third-order valence-electron chi connectivity index (χ3n) is 5.64. The predicted octanol–water partition coefficient (Wildman–Crippen LogP) is 6.15. The standard InChI is InChI=1S/C26H23NO4S/c1-2-30-26(29)24-18-10-6-7-11-23(18)32-25(24)27-20-15-22(16-8-4-3-5-9-16)31-21-13-12-17(28)14-19(20)21/h3-5,8-9,12-15,28H,2,6-7,10-11H2,1H3. The summed E-state index contributed by atoms with van der Waals surface area (Å²) in [6.45, 7) is 2.14.